The molecular formula is C15H16N2. The van der Waals surface area contributed by atoms with E-state index in [0.717, 1.165) is 13.0 Å². The van der Waals surface area contributed by atoms with E-state index in [2.05, 4.69) is 54.2 Å². The molecule has 3 rings (SSSR count). The van der Waals surface area contributed by atoms with Crippen LogP contribution in [0.3, 0.4) is 0 Å². The molecule has 1 aromatic rings. The molecule has 2 nitrogen and oxygen atoms in total. The third-order valence-corrected chi connectivity index (χ3v) is 3.34. The Hall–Kier alpha value is -1.70. The van der Waals surface area contributed by atoms with Gasteiger partial charge in [0.15, 0.2) is 0 Å². The number of fused-ring (bicyclic) bond motifs is 1. The van der Waals surface area contributed by atoms with Crippen LogP contribution < -0.4 is 0 Å². The number of allylic oxidation sites excluding steroid dienone is 1. The Morgan fingerprint density at radius 1 is 1.24 bits per heavy atom. The third kappa shape index (κ3) is 2.07. The zero-order valence-electron chi connectivity index (χ0n) is 10.0. The Bertz CT molecular complexity index is 462. The quantitative estimate of drug-likeness (QED) is 0.779. The van der Waals surface area contributed by atoms with Crippen LogP contribution in [0.5, 0.6) is 0 Å². The molecule has 1 aliphatic heterocycles. The molecule has 0 aromatic heterocycles. The van der Waals surface area contributed by atoms with E-state index >= 15 is 0 Å². The molecule has 2 heteroatoms. The second-order valence-corrected chi connectivity index (χ2v) is 4.59. The van der Waals surface area contributed by atoms with Gasteiger partial charge >= 0.3 is 0 Å². The molecule has 0 amide bonds. The Morgan fingerprint density at radius 2 is 2.12 bits per heavy atom. The van der Waals surface area contributed by atoms with Gasteiger partial charge < -0.3 is 9.80 Å². The van der Waals surface area contributed by atoms with E-state index in [1.807, 2.05) is 18.1 Å². The highest BCUT2D eigenvalue weighted by Crippen LogP contribution is 2.32. The number of rotatable bonds is 3. The van der Waals surface area contributed by atoms with E-state index in [9.17, 15) is 0 Å². The number of nitrogens with zero attached hydrogens (tertiary/aromatic N) is 2. The molecule has 1 unspecified atom stereocenters. The van der Waals surface area contributed by atoms with Gasteiger partial charge in [-0.25, -0.2) is 0 Å². The van der Waals surface area contributed by atoms with E-state index in [-0.39, 0.29) is 0 Å². The Labute approximate surface area is 103 Å². The fourth-order valence-corrected chi connectivity index (χ4v) is 2.43. The van der Waals surface area contributed by atoms with Crippen molar-refractivity contribution in [2.24, 2.45) is 0 Å². The summed E-state index contributed by atoms with van der Waals surface area (Å²) in [6.45, 7) is 4.25. The molecule has 2 aliphatic rings. The molecule has 2 radical (unpaired) electrons. The topological polar surface area (TPSA) is 6.48 Å². The van der Waals surface area contributed by atoms with E-state index in [1.165, 1.54) is 11.1 Å². The first-order chi connectivity index (χ1) is 8.33. The van der Waals surface area contributed by atoms with Crippen LogP contribution in [-0.4, -0.2) is 23.4 Å². The van der Waals surface area contributed by atoms with Crippen LogP contribution >= 0.6 is 0 Å². The van der Waals surface area contributed by atoms with Gasteiger partial charge in [0.2, 0.25) is 6.67 Å². The molecule has 0 saturated heterocycles. The van der Waals surface area contributed by atoms with Crippen LogP contribution in [-0.2, 0) is 0 Å². The van der Waals surface area contributed by atoms with Crippen LogP contribution in [0.25, 0.3) is 6.08 Å². The van der Waals surface area contributed by atoms with E-state index in [4.69, 9.17) is 0 Å². The molecule has 0 fully saturated rings. The second-order valence-electron chi connectivity index (χ2n) is 4.59. The average Bonchev–Trinajstić information content (AvgIpc) is 2.93. The Kier molecular flexibility index (Phi) is 2.63. The standard InChI is InChI=1S/C15H16N2/c1-16-10-11-17(12-16)9-8-14-7-6-13-4-2-3-5-15(13)14/h2-7,10-11,14H,8-9H2,1H3. The van der Waals surface area contributed by atoms with Crippen LogP contribution in [0.15, 0.2) is 42.7 Å². The highest BCUT2D eigenvalue weighted by atomic mass is 15.3. The number of hydrogen-bond donors (Lipinski definition) is 0. The highest BCUT2D eigenvalue weighted by molar-refractivity contribution is 5.62. The van der Waals surface area contributed by atoms with Gasteiger partial charge in [0.05, 0.1) is 0 Å². The smallest absolute Gasteiger partial charge is 0.207 e. The number of hydrogen-bond acceptors (Lipinski definition) is 2. The molecule has 1 aromatic carbocycles. The summed E-state index contributed by atoms with van der Waals surface area (Å²) in [7, 11) is 2.00. The van der Waals surface area contributed by atoms with Gasteiger partial charge in [-0.15, -0.1) is 0 Å². The maximum Gasteiger partial charge on any atom is 0.207 e. The van der Waals surface area contributed by atoms with E-state index in [1.54, 1.807) is 0 Å². The van der Waals surface area contributed by atoms with Crippen LogP contribution in [0.4, 0.5) is 0 Å². The SMILES string of the molecule is CN1[C]N(CCC2C=Cc3ccccc32)C=C1. The van der Waals surface area contributed by atoms with Gasteiger partial charge in [-0.2, -0.15) is 0 Å². The summed E-state index contributed by atoms with van der Waals surface area (Å²) in [5.41, 5.74) is 2.84. The van der Waals surface area contributed by atoms with Crippen molar-refractivity contribution in [2.45, 2.75) is 12.3 Å². The predicted octanol–water partition coefficient (Wildman–Crippen LogP) is 2.90. The maximum absolute atomic E-state index is 3.23. The van der Waals surface area contributed by atoms with Crippen LogP contribution in [0.2, 0.25) is 0 Å². The van der Waals surface area contributed by atoms with Gasteiger partial charge in [0.25, 0.3) is 0 Å². The molecule has 0 N–H and O–H groups in total. The second kappa shape index (κ2) is 4.28. The summed E-state index contributed by atoms with van der Waals surface area (Å²) in [5.74, 6) is 0.562. The van der Waals surface area contributed by atoms with Gasteiger partial charge in [-0.05, 0) is 17.5 Å². The van der Waals surface area contributed by atoms with Gasteiger partial charge in [0, 0.05) is 31.9 Å². The lowest BCUT2D eigenvalue weighted by molar-refractivity contribution is 0.369. The molecule has 17 heavy (non-hydrogen) atoms. The summed E-state index contributed by atoms with van der Waals surface area (Å²) >= 11 is 0. The van der Waals surface area contributed by atoms with Gasteiger partial charge in [0.1, 0.15) is 0 Å². The zero-order valence-corrected chi connectivity index (χ0v) is 10.0. The highest BCUT2D eigenvalue weighted by Gasteiger charge is 2.18. The molecule has 1 heterocycles. The fraction of sp³-hybridized carbons (Fsp3) is 0.267. The minimum Gasteiger partial charge on any atom is -0.349 e. The molecule has 1 aliphatic carbocycles. The maximum atomic E-state index is 3.23. The average molecular weight is 224 g/mol. The van der Waals surface area contributed by atoms with Crippen LogP contribution in [0, 0.1) is 6.67 Å². The molecule has 0 saturated carbocycles. The van der Waals surface area contributed by atoms with Crippen molar-refractivity contribution in [3.05, 3.63) is 60.5 Å². The molecule has 0 bridgehead atoms. The van der Waals surface area contributed by atoms with Crippen molar-refractivity contribution in [3.63, 3.8) is 0 Å². The summed E-state index contributed by atoms with van der Waals surface area (Å²) in [4.78, 5) is 4.08. The summed E-state index contributed by atoms with van der Waals surface area (Å²) in [5, 5.41) is 0. The monoisotopic (exact) mass is 224 g/mol. The minimum atomic E-state index is 0.562. The Balaban J connectivity index is 1.61. The third-order valence-electron chi connectivity index (χ3n) is 3.34. The summed E-state index contributed by atoms with van der Waals surface area (Å²) < 4.78 is 0. The van der Waals surface area contributed by atoms with Crippen molar-refractivity contribution in [1.29, 1.82) is 0 Å². The van der Waals surface area contributed by atoms with Crippen molar-refractivity contribution in [2.75, 3.05) is 13.6 Å². The molecule has 86 valence electrons. The van der Waals surface area contributed by atoms with Crippen molar-refractivity contribution < 1.29 is 0 Å². The normalized spacial score (nSPS) is 21.4. The summed E-state index contributed by atoms with van der Waals surface area (Å²) in [6, 6.07) is 8.65. The van der Waals surface area contributed by atoms with E-state index in [0.29, 0.717) is 5.92 Å². The first-order valence-electron chi connectivity index (χ1n) is 6.04. The molecule has 0 spiro atoms. The van der Waals surface area contributed by atoms with Crippen molar-refractivity contribution in [1.82, 2.24) is 9.80 Å². The zero-order chi connectivity index (χ0) is 11.7. The minimum absolute atomic E-state index is 0.562. The first-order valence-corrected chi connectivity index (χ1v) is 6.04. The molecule has 1 atom stereocenters. The van der Waals surface area contributed by atoms with Crippen molar-refractivity contribution in [3.8, 4) is 0 Å². The lowest BCUT2D eigenvalue weighted by Crippen LogP contribution is -2.18. The molecular weight excluding hydrogens is 208 g/mol. The largest absolute Gasteiger partial charge is 0.349 e. The van der Waals surface area contributed by atoms with Crippen LogP contribution in [0.1, 0.15) is 23.5 Å². The fourth-order valence-electron chi connectivity index (χ4n) is 2.43. The number of benzene rings is 1. The lowest BCUT2D eigenvalue weighted by Gasteiger charge is -2.18. The predicted molar refractivity (Wildman–Crippen MR) is 69.7 cm³/mol. The van der Waals surface area contributed by atoms with Gasteiger partial charge in [-0.3, -0.25) is 0 Å². The Morgan fingerprint density at radius 3 is 2.94 bits per heavy atom. The lowest BCUT2D eigenvalue weighted by atomic mass is 9.97. The summed E-state index contributed by atoms with van der Waals surface area (Å²) in [6.07, 6.45) is 9.79. The van der Waals surface area contributed by atoms with Crippen molar-refractivity contribution >= 4 is 6.08 Å². The first kappa shape index (κ1) is 10.5. The van der Waals surface area contributed by atoms with E-state index < -0.39 is 0 Å². The van der Waals surface area contributed by atoms with Gasteiger partial charge in [-0.1, -0.05) is 36.4 Å².